The highest BCUT2D eigenvalue weighted by atomic mass is 32.2. The molecule has 0 saturated carbocycles. The first-order chi connectivity index (χ1) is 23.6. The van der Waals surface area contributed by atoms with Crippen molar-refractivity contribution in [2.24, 2.45) is 12.8 Å². The summed E-state index contributed by atoms with van der Waals surface area (Å²) in [6.07, 6.45) is -3.15. The van der Waals surface area contributed by atoms with Crippen molar-refractivity contribution < 1.29 is 22.8 Å². The maximum absolute atomic E-state index is 13.4. The fraction of sp³-hybridized carbons (Fsp3) is 0.154. The largest absolute Gasteiger partial charge is 0.416 e. The summed E-state index contributed by atoms with van der Waals surface area (Å²) >= 11 is 1.59. The summed E-state index contributed by atoms with van der Waals surface area (Å²) in [5.74, 6) is -0.0276. The van der Waals surface area contributed by atoms with Gasteiger partial charge in [0.25, 0.3) is 5.91 Å². The summed E-state index contributed by atoms with van der Waals surface area (Å²) in [7, 11) is 1.91. The minimum absolute atomic E-state index is 0.338. The smallest absolute Gasteiger partial charge is 0.369 e. The second-order valence-corrected chi connectivity index (χ2v) is 13.1. The predicted molar refractivity (Wildman–Crippen MR) is 187 cm³/mol. The molecule has 1 aliphatic rings. The van der Waals surface area contributed by atoms with Gasteiger partial charge < -0.3 is 15.6 Å². The zero-order valence-corrected chi connectivity index (χ0v) is 27.2. The van der Waals surface area contributed by atoms with E-state index in [1.54, 1.807) is 42.1 Å². The molecule has 49 heavy (non-hydrogen) atoms. The lowest BCUT2D eigenvalue weighted by Gasteiger charge is -2.28. The quantitative estimate of drug-likeness (QED) is 0.118. The first kappa shape index (κ1) is 32.2. The number of primary amides is 1. The van der Waals surface area contributed by atoms with Crippen LogP contribution in [0.3, 0.4) is 0 Å². The van der Waals surface area contributed by atoms with Crippen LogP contribution in [0.25, 0.3) is 33.3 Å². The highest BCUT2D eigenvalue weighted by Crippen LogP contribution is 2.51. The van der Waals surface area contributed by atoms with Crippen LogP contribution < -0.4 is 11.1 Å². The summed E-state index contributed by atoms with van der Waals surface area (Å²) in [5, 5.41) is 3.73. The number of carbonyl (C=O) groups excluding carboxylic acids is 2. The number of fused-ring (bicyclic) bond motifs is 4. The molecular formula is C39H31F3N4O2S. The number of hydrogen-bond acceptors (Lipinski definition) is 4. The van der Waals surface area contributed by atoms with Crippen LogP contribution in [-0.2, 0) is 23.4 Å². The van der Waals surface area contributed by atoms with Gasteiger partial charge in [-0.15, -0.1) is 0 Å². The van der Waals surface area contributed by atoms with Gasteiger partial charge in [0.1, 0.15) is 0 Å². The highest BCUT2D eigenvalue weighted by Gasteiger charge is 2.47. The molecule has 1 heterocycles. The molecule has 0 radical (unpaired) electrons. The lowest BCUT2D eigenvalue weighted by atomic mass is 9.74. The molecule has 1 aromatic heterocycles. The number of halogens is 3. The van der Waals surface area contributed by atoms with E-state index in [4.69, 9.17) is 10.7 Å². The number of nitrogens with two attached hydrogens (primary N) is 1. The van der Waals surface area contributed by atoms with Crippen molar-refractivity contribution in [2.75, 3.05) is 11.1 Å². The number of carbonyl (C=O) groups is 2. The average molecular weight is 677 g/mol. The molecule has 0 bridgehead atoms. The molecule has 0 aliphatic heterocycles. The van der Waals surface area contributed by atoms with E-state index in [0.29, 0.717) is 34.6 Å². The Morgan fingerprint density at radius 3 is 2.08 bits per heavy atom. The minimum atomic E-state index is -4.44. The second kappa shape index (κ2) is 12.6. The van der Waals surface area contributed by atoms with E-state index in [9.17, 15) is 22.8 Å². The molecule has 0 saturated heterocycles. The lowest BCUT2D eigenvalue weighted by molar-refractivity contribution is -0.137. The number of alkyl halides is 3. The highest BCUT2D eigenvalue weighted by molar-refractivity contribution is 7.99. The summed E-state index contributed by atoms with van der Waals surface area (Å²) in [6, 6.07) is 33.0. The van der Waals surface area contributed by atoms with Crippen molar-refractivity contribution in [3.8, 4) is 22.3 Å². The number of anilines is 1. The van der Waals surface area contributed by atoms with Crippen molar-refractivity contribution in [3.63, 3.8) is 0 Å². The minimum Gasteiger partial charge on any atom is -0.369 e. The van der Waals surface area contributed by atoms with Gasteiger partial charge in [0.05, 0.1) is 22.0 Å². The van der Waals surface area contributed by atoms with Crippen LogP contribution >= 0.6 is 11.8 Å². The molecular weight excluding hydrogens is 646 g/mol. The Balaban J connectivity index is 1.06. The van der Waals surface area contributed by atoms with E-state index < -0.39 is 17.2 Å². The molecule has 5 aromatic carbocycles. The van der Waals surface area contributed by atoms with Crippen LogP contribution in [0, 0.1) is 0 Å². The van der Waals surface area contributed by atoms with Crippen molar-refractivity contribution in [1.29, 1.82) is 0 Å². The number of thioether (sulfide) groups is 1. The van der Waals surface area contributed by atoms with Crippen LogP contribution in [0.15, 0.2) is 120 Å². The monoisotopic (exact) mass is 676 g/mol. The number of nitrogens with one attached hydrogen (secondary N) is 1. The zero-order valence-electron chi connectivity index (χ0n) is 26.4. The molecule has 1 aliphatic carbocycles. The predicted octanol–water partition coefficient (Wildman–Crippen LogP) is 8.84. The van der Waals surface area contributed by atoms with Gasteiger partial charge in [-0.2, -0.15) is 13.2 Å². The van der Waals surface area contributed by atoms with Crippen LogP contribution in [0.5, 0.6) is 0 Å². The van der Waals surface area contributed by atoms with Crippen molar-refractivity contribution in [1.82, 2.24) is 9.55 Å². The molecule has 0 unspecified atom stereocenters. The topological polar surface area (TPSA) is 90.0 Å². The van der Waals surface area contributed by atoms with Crippen LogP contribution in [-0.4, -0.2) is 27.1 Å². The molecule has 0 spiro atoms. The Hall–Kier alpha value is -5.35. The summed E-state index contributed by atoms with van der Waals surface area (Å²) in [4.78, 5) is 31.4. The van der Waals surface area contributed by atoms with Gasteiger partial charge in [-0.05, 0) is 82.6 Å². The molecule has 0 fully saturated rings. The van der Waals surface area contributed by atoms with Gasteiger partial charge in [0.2, 0.25) is 5.91 Å². The fourth-order valence-corrected chi connectivity index (χ4v) is 7.75. The Kier molecular flexibility index (Phi) is 8.28. The first-order valence-electron chi connectivity index (χ1n) is 15.7. The number of aromatic nitrogens is 2. The molecule has 6 aromatic rings. The summed E-state index contributed by atoms with van der Waals surface area (Å²) < 4.78 is 41.2. The van der Waals surface area contributed by atoms with Crippen molar-refractivity contribution in [2.45, 2.75) is 29.6 Å². The standard InChI is InChI=1S/C39H31F3N4O2S/c1-46-34-23-26(44-35(47)30-12-3-2-9-27(30)24-15-17-25(18-16-24)39(40,41)42)19-20-33(34)45-37(46)49-22-8-21-38(36(43)48)31-13-6-4-10-28(31)29-11-5-7-14-32(29)38/h2-7,9-20,23H,8,21-22H2,1H3,(H2,43,48)(H,44,47). The van der Waals surface area contributed by atoms with Gasteiger partial charge in [-0.25, -0.2) is 4.98 Å². The van der Waals surface area contributed by atoms with Crippen LogP contribution in [0.1, 0.15) is 39.9 Å². The third-order valence-corrected chi connectivity index (χ3v) is 10.3. The van der Waals surface area contributed by atoms with Gasteiger partial charge in [-0.3, -0.25) is 9.59 Å². The van der Waals surface area contributed by atoms with E-state index in [2.05, 4.69) is 5.32 Å². The summed E-state index contributed by atoms with van der Waals surface area (Å²) in [5.41, 5.74) is 12.0. The van der Waals surface area contributed by atoms with Gasteiger partial charge in [-0.1, -0.05) is 90.6 Å². The number of amides is 2. The molecule has 0 atom stereocenters. The van der Waals surface area contributed by atoms with Crippen LogP contribution in [0.2, 0.25) is 0 Å². The Labute approximate surface area is 285 Å². The number of rotatable bonds is 9. The Morgan fingerprint density at radius 1 is 0.837 bits per heavy atom. The van der Waals surface area contributed by atoms with Gasteiger partial charge in [0, 0.05) is 24.1 Å². The molecule has 2 amide bonds. The van der Waals surface area contributed by atoms with E-state index in [-0.39, 0.29) is 11.8 Å². The molecule has 6 nitrogen and oxygen atoms in total. The van der Waals surface area contributed by atoms with Gasteiger partial charge in [0.15, 0.2) is 5.16 Å². The third kappa shape index (κ3) is 5.76. The number of aryl methyl sites for hydroxylation is 1. The Bertz CT molecular complexity index is 2180. The van der Waals surface area contributed by atoms with Crippen molar-refractivity contribution >= 4 is 40.3 Å². The molecule has 3 N–H and O–H groups in total. The number of hydrogen-bond donors (Lipinski definition) is 2. The Morgan fingerprint density at radius 2 is 1.45 bits per heavy atom. The number of benzene rings is 5. The maximum atomic E-state index is 13.4. The van der Waals surface area contributed by atoms with Gasteiger partial charge >= 0.3 is 6.18 Å². The average Bonchev–Trinajstić information content (AvgIpc) is 3.58. The maximum Gasteiger partial charge on any atom is 0.416 e. The second-order valence-electron chi connectivity index (χ2n) is 12.0. The molecule has 7 rings (SSSR count). The number of imidazole rings is 1. The number of nitrogens with zero attached hydrogens (tertiary/aromatic N) is 2. The van der Waals surface area contributed by atoms with E-state index >= 15 is 0 Å². The molecule has 246 valence electrons. The first-order valence-corrected chi connectivity index (χ1v) is 16.7. The SMILES string of the molecule is Cn1c(SCCCC2(C(N)=O)c3ccccc3-c3ccccc32)nc2ccc(NC(=O)c3ccccc3-c3ccc(C(F)(F)F)cc3)cc21. The zero-order chi connectivity index (χ0) is 34.3. The van der Waals surface area contributed by atoms with Crippen molar-refractivity contribution in [3.05, 3.63) is 138 Å². The lowest BCUT2D eigenvalue weighted by Crippen LogP contribution is -2.40. The normalized spacial score (nSPS) is 13.2. The van der Waals surface area contributed by atoms with E-state index in [0.717, 1.165) is 57.0 Å². The summed E-state index contributed by atoms with van der Waals surface area (Å²) in [6.45, 7) is 0. The third-order valence-electron chi connectivity index (χ3n) is 9.20. The van der Waals surface area contributed by atoms with E-state index in [1.165, 1.54) is 12.1 Å². The fourth-order valence-electron chi connectivity index (χ4n) is 6.83. The van der Waals surface area contributed by atoms with Crippen LogP contribution in [0.4, 0.5) is 18.9 Å². The molecule has 10 heteroatoms. The van der Waals surface area contributed by atoms with E-state index in [1.807, 2.05) is 72.3 Å².